The van der Waals surface area contributed by atoms with E-state index in [1.165, 1.54) is 32.1 Å². The van der Waals surface area contributed by atoms with Crippen LogP contribution in [0.1, 0.15) is 94.4 Å². The molecular formula is C19H42. The summed E-state index contributed by atoms with van der Waals surface area (Å²) in [5.74, 6) is 4.81. The first kappa shape index (κ1) is 21.3. The molecule has 0 aliphatic heterocycles. The van der Waals surface area contributed by atoms with Gasteiger partial charge in [0.1, 0.15) is 0 Å². The zero-order valence-corrected chi connectivity index (χ0v) is 15.4. The highest BCUT2D eigenvalue weighted by Gasteiger charge is 2.29. The molecule has 4 unspecified atom stereocenters. The van der Waals surface area contributed by atoms with E-state index in [1.807, 2.05) is 27.7 Å². The van der Waals surface area contributed by atoms with Gasteiger partial charge in [0, 0.05) is 0 Å². The van der Waals surface area contributed by atoms with Crippen LogP contribution in [-0.2, 0) is 0 Å². The maximum atomic E-state index is 2.47. The Morgan fingerprint density at radius 1 is 0.789 bits per heavy atom. The van der Waals surface area contributed by atoms with Crippen LogP contribution < -0.4 is 0 Å². The lowest BCUT2D eigenvalue weighted by atomic mass is 9.68. The van der Waals surface area contributed by atoms with Gasteiger partial charge >= 0.3 is 0 Å². The first-order valence-corrected chi connectivity index (χ1v) is 9.00. The van der Waals surface area contributed by atoms with Crippen LogP contribution in [-0.4, -0.2) is 0 Å². The van der Waals surface area contributed by atoms with Crippen molar-refractivity contribution in [2.75, 3.05) is 0 Å². The molecule has 1 fully saturated rings. The molecule has 1 rings (SSSR count). The van der Waals surface area contributed by atoms with Crippen LogP contribution in [0.3, 0.4) is 0 Å². The van der Waals surface area contributed by atoms with E-state index in [0.717, 1.165) is 29.6 Å². The van der Waals surface area contributed by atoms with Gasteiger partial charge in [0.15, 0.2) is 0 Å². The van der Waals surface area contributed by atoms with Crippen LogP contribution in [0.5, 0.6) is 0 Å². The molecule has 0 nitrogen and oxygen atoms in total. The molecular weight excluding hydrogens is 228 g/mol. The van der Waals surface area contributed by atoms with Crippen LogP contribution in [0.25, 0.3) is 0 Å². The molecule has 1 saturated carbocycles. The topological polar surface area (TPSA) is 0 Å². The predicted octanol–water partition coefficient (Wildman–Crippen LogP) is 7.18. The molecule has 0 saturated heterocycles. The van der Waals surface area contributed by atoms with Crippen molar-refractivity contribution in [1.29, 1.82) is 0 Å². The molecule has 0 heteroatoms. The molecule has 1 aliphatic rings. The van der Waals surface area contributed by atoms with Crippen LogP contribution in [0.15, 0.2) is 0 Å². The monoisotopic (exact) mass is 270 g/mol. The Labute approximate surface area is 124 Å². The first-order chi connectivity index (χ1) is 9.00. The summed E-state index contributed by atoms with van der Waals surface area (Å²) in [6.07, 6.45) is 7.31. The second kappa shape index (κ2) is 13.0. The minimum absolute atomic E-state index is 0.889. The molecule has 0 heterocycles. The van der Waals surface area contributed by atoms with E-state index in [2.05, 4.69) is 34.6 Å². The summed E-state index contributed by atoms with van der Waals surface area (Å²) in [4.78, 5) is 0. The third kappa shape index (κ3) is 9.52. The van der Waals surface area contributed by atoms with Crippen LogP contribution >= 0.6 is 0 Å². The summed E-state index contributed by atoms with van der Waals surface area (Å²) in [7, 11) is 0. The van der Waals surface area contributed by atoms with E-state index in [-0.39, 0.29) is 0 Å². The lowest BCUT2D eigenvalue weighted by Gasteiger charge is -2.37. The molecule has 1 aliphatic carbocycles. The maximum Gasteiger partial charge on any atom is -0.0386 e. The number of hydrogen-bond acceptors (Lipinski definition) is 0. The second-order valence-corrected chi connectivity index (χ2v) is 6.49. The van der Waals surface area contributed by atoms with E-state index in [1.54, 1.807) is 0 Å². The number of rotatable bonds is 4. The first-order valence-electron chi connectivity index (χ1n) is 9.00. The molecule has 0 aromatic heterocycles. The molecule has 0 bridgehead atoms. The number of hydrogen-bond donors (Lipinski definition) is 0. The van der Waals surface area contributed by atoms with Crippen LogP contribution in [0.4, 0.5) is 0 Å². The van der Waals surface area contributed by atoms with Gasteiger partial charge in [-0.05, 0) is 42.4 Å². The average Bonchev–Trinajstić information content (AvgIpc) is 2.40. The molecule has 19 heavy (non-hydrogen) atoms. The van der Waals surface area contributed by atoms with Crippen molar-refractivity contribution in [2.45, 2.75) is 94.4 Å². The van der Waals surface area contributed by atoms with E-state index < -0.39 is 0 Å². The minimum Gasteiger partial charge on any atom is -0.0683 e. The van der Waals surface area contributed by atoms with E-state index in [4.69, 9.17) is 0 Å². The third-order valence-electron chi connectivity index (χ3n) is 4.55. The highest BCUT2D eigenvalue weighted by molar-refractivity contribution is 4.80. The fourth-order valence-electron chi connectivity index (χ4n) is 3.14. The molecule has 0 aromatic carbocycles. The second-order valence-electron chi connectivity index (χ2n) is 6.49. The van der Waals surface area contributed by atoms with E-state index in [0.29, 0.717) is 0 Å². The SMILES string of the molecule is CC.CC.CC(C)CCCC1CC(C)C(C)CC1C. The van der Waals surface area contributed by atoms with Gasteiger partial charge in [-0.3, -0.25) is 0 Å². The zero-order chi connectivity index (χ0) is 15.4. The summed E-state index contributed by atoms with van der Waals surface area (Å²) in [6, 6.07) is 0. The van der Waals surface area contributed by atoms with Gasteiger partial charge in [-0.1, -0.05) is 81.6 Å². The highest BCUT2D eigenvalue weighted by Crippen LogP contribution is 2.39. The van der Waals surface area contributed by atoms with Crippen molar-refractivity contribution >= 4 is 0 Å². The van der Waals surface area contributed by atoms with Crippen molar-refractivity contribution in [3.05, 3.63) is 0 Å². The van der Waals surface area contributed by atoms with Gasteiger partial charge in [0.05, 0.1) is 0 Å². The van der Waals surface area contributed by atoms with Gasteiger partial charge in [-0.2, -0.15) is 0 Å². The van der Waals surface area contributed by atoms with Gasteiger partial charge < -0.3 is 0 Å². The molecule has 0 amide bonds. The average molecular weight is 271 g/mol. The van der Waals surface area contributed by atoms with Gasteiger partial charge in [-0.15, -0.1) is 0 Å². The Bertz CT molecular complexity index is 171. The van der Waals surface area contributed by atoms with Crippen molar-refractivity contribution < 1.29 is 0 Å². The third-order valence-corrected chi connectivity index (χ3v) is 4.55. The Kier molecular flexibility index (Phi) is 14.6. The molecule has 0 N–H and O–H groups in total. The van der Waals surface area contributed by atoms with Crippen LogP contribution in [0, 0.1) is 29.6 Å². The fourth-order valence-corrected chi connectivity index (χ4v) is 3.14. The summed E-state index contributed by atoms with van der Waals surface area (Å²) >= 11 is 0. The maximum absolute atomic E-state index is 2.47. The molecule has 0 spiro atoms. The van der Waals surface area contributed by atoms with E-state index in [9.17, 15) is 0 Å². The zero-order valence-electron chi connectivity index (χ0n) is 15.4. The predicted molar refractivity (Wildman–Crippen MR) is 91.6 cm³/mol. The summed E-state index contributed by atoms with van der Waals surface area (Å²) in [6.45, 7) is 20.0. The standard InChI is InChI=1S/C15H30.2C2H6/c1-11(2)7-6-8-15-10-13(4)12(3)9-14(15)5;2*1-2/h11-15H,6-10H2,1-5H3;2*1-2H3. The van der Waals surface area contributed by atoms with Crippen LogP contribution in [0.2, 0.25) is 0 Å². The lowest BCUT2D eigenvalue weighted by Crippen LogP contribution is -2.27. The highest BCUT2D eigenvalue weighted by atomic mass is 14.3. The minimum atomic E-state index is 0.889. The Hall–Kier alpha value is 0. The largest absolute Gasteiger partial charge is 0.0683 e. The Balaban J connectivity index is 0. The van der Waals surface area contributed by atoms with Gasteiger partial charge in [0.25, 0.3) is 0 Å². The van der Waals surface area contributed by atoms with Crippen molar-refractivity contribution in [3.63, 3.8) is 0 Å². The van der Waals surface area contributed by atoms with Crippen molar-refractivity contribution in [1.82, 2.24) is 0 Å². The van der Waals surface area contributed by atoms with Crippen molar-refractivity contribution in [3.8, 4) is 0 Å². The lowest BCUT2D eigenvalue weighted by molar-refractivity contribution is 0.134. The fraction of sp³-hybridized carbons (Fsp3) is 1.00. The Morgan fingerprint density at radius 3 is 1.74 bits per heavy atom. The quantitative estimate of drug-likeness (QED) is 0.507. The van der Waals surface area contributed by atoms with Crippen molar-refractivity contribution in [2.24, 2.45) is 29.6 Å². The summed E-state index contributed by atoms with van der Waals surface area (Å²) in [5, 5.41) is 0. The van der Waals surface area contributed by atoms with Gasteiger partial charge in [-0.25, -0.2) is 0 Å². The molecule has 0 aromatic rings. The molecule has 0 radical (unpaired) electrons. The smallest absolute Gasteiger partial charge is 0.0386 e. The summed E-state index contributed by atoms with van der Waals surface area (Å²) < 4.78 is 0. The Morgan fingerprint density at radius 2 is 1.26 bits per heavy atom. The molecule has 118 valence electrons. The van der Waals surface area contributed by atoms with E-state index >= 15 is 0 Å². The normalized spacial score (nSPS) is 30.0. The summed E-state index contributed by atoms with van der Waals surface area (Å²) in [5.41, 5.74) is 0. The van der Waals surface area contributed by atoms with Gasteiger partial charge in [0.2, 0.25) is 0 Å². The molecule has 4 atom stereocenters.